The van der Waals surface area contributed by atoms with Crippen LogP contribution in [0.2, 0.25) is 0 Å². The van der Waals surface area contributed by atoms with Crippen LogP contribution >= 0.6 is 0 Å². The summed E-state index contributed by atoms with van der Waals surface area (Å²) in [7, 11) is 0. The SMILES string of the molecule is N=C(N)c1ccc(CCC(=O)N2CCCc3cc(N(CC(=O)O)Cc4ccccc4)ccc32)cc1. The fraction of sp³-hybridized carbons (Fsp3) is 0.250. The van der Waals surface area contributed by atoms with E-state index in [9.17, 15) is 14.7 Å². The molecule has 7 nitrogen and oxygen atoms in total. The highest BCUT2D eigenvalue weighted by atomic mass is 16.4. The maximum absolute atomic E-state index is 13.1. The minimum atomic E-state index is -0.883. The first-order valence-electron chi connectivity index (χ1n) is 11.8. The molecule has 0 bridgehead atoms. The van der Waals surface area contributed by atoms with Crippen molar-refractivity contribution < 1.29 is 14.7 Å². The lowest BCUT2D eigenvalue weighted by Crippen LogP contribution is -2.36. The Morgan fingerprint density at radius 3 is 2.43 bits per heavy atom. The van der Waals surface area contributed by atoms with Crippen molar-refractivity contribution in [1.82, 2.24) is 0 Å². The van der Waals surface area contributed by atoms with Crippen LogP contribution in [0.1, 0.15) is 35.1 Å². The van der Waals surface area contributed by atoms with Crippen LogP contribution in [-0.2, 0) is 29.0 Å². The summed E-state index contributed by atoms with van der Waals surface area (Å²) < 4.78 is 0. The number of carboxylic acids is 1. The third kappa shape index (κ3) is 6.06. The summed E-state index contributed by atoms with van der Waals surface area (Å²) in [4.78, 5) is 28.3. The highest BCUT2D eigenvalue weighted by Gasteiger charge is 2.23. The van der Waals surface area contributed by atoms with Gasteiger partial charge in [0.1, 0.15) is 12.4 Å². The van der Waals surface area contributed by atoms with Gasteiger partial charge in [0.15, 0.2) is 0 Å². The molecular formula is C28H30N4O3. The molecule has 1 aliphatic rings. The van der Waals surface area contributed by atoms with Crippen molar-refractivity contribution in [1.29, 1.82) is 5.41 Å². The number of carboxylic acid groups (broad SMARTS) is 1. The Morgan fingerprint density at radius 1 is 1.00 bits per heavy atom. The molecule has 0 aliphatic carbocycles. The first-order valence-corrected chi connectivity index (χ1v) is 11.8. The summed E-state index contributed by atoms with van der Waals surface area (Å²) in [6.45, 7) is 1.08. The molecule has 3 aromatic rings. The minimum Gasteiger partial charge on any atom is -0.480 e. The van der Waals surface area contributed by atoms with Gasteiger partial charge in [-0.3, -0.25) is 15.0 Å². The van der Waals surface area contributed by atoms with Gasteiger partial charge >= 0.3 is 5.97 Å². The van der Waals surface area contributed by atoms with Crippen LogP contribution in [0.3, 0.4) is 0 Å². The average Bonchev–Trinajstić information content (AvgIpc) is 2.86. The molecule has 0 atom stereocenters. The van der Waals surface area contributed by atoms with E-state index < -0.39 is 5.97 Å². The van der Waals surface area contributed by atoms with E-state index >= 15 is 0 Å². The van der Waals surface area contributed by atoms with E-state index in [0.717, 1.165) is 40.9 Å². The van der Waals surface area contributed by atoms with E-state index in [2.05, 4.69) is 0 Å². The van der Waals surface area contributed by atoms with Gasteiger partial charge in [-0.2, -0.15) is 0 Å². The van der Waals surface area contributed by atoms with Crippen LogP contribution in [-0.4, -0.2) is 35.9 Å². The maximum Gasteiger partial charge on any atom is 0.323 e. The van der Waals surface area contributed by atoms with Gasteiger partial charge in [-0.1, -0.05) is 54.6 Å². The molecule has 0 aromatic heterocycles. The molecule has 35 heavy (non-hydrogen) atoms. The number of aryl methyl sites for hydroxylation is 2. The number of amides is 1. The van der Waals surface area contributed by atoms with Gasteiger partial charge in [-0.15, -0.1) is 0 Å². The second-order valence-corrected chi connectivity index (χ2v) is 8.81. The summed E-state index contributed by atoms with van der Waals surface area (Å²) in [6, 6.07) is 23.1. The molecule has 3 aromatic carbocycles. The van der Waals surface area contributed by atoms with Crippen LogP contribution in [0.15, 0.2) is 72.8 Å². The van der Waals surface area contributed by atoms with Gasteiger partial charge < -0.3 is 20.6 Å². The number of nitrogens with two attached hydrogens (primary N) is 1. The quantitative estimate of drug-likeness (QED) is 0.324. The Labute approximate surface area is 205 Å². The number of carbonyl (C=O) groups is 2. The second kappa shape index (κ2) is 10.9. The van der Waals surface area contributed by atoms with E-state index in [4.69, 9.17) is 11.1 Å². The first kappa shape index (κ1) is 24.0. The fourth-order valence-corrected chi connectivity index (χ4v) is 4.48. The van der Waals surface area contributed by atoms with E-state index in [0.29, 0.717) is 31.5 Å². The molecule has 1 amide bonds. The number of nitrogens with one attached hydrogen (secondary N) is 1. The second-order valence-electron chi connectivity index (χ2n) is 8.81. The Morgan fingerprint density at radius 2 is 1.74 bits per heavy atom. The molecule has 1 aliphatic heterocycles. The number of fused-ring (bicyclic) bond motifs is 1. The summed E-state index contributed by atoms with van der Waals surface area (Å²) in [6.07, 6.45) is 2.73. The van der Waals surface area contributed by atoms with Crippen molar-refractivity contribution in [2.45, 2.75) is 32.2 Å². The third-order valence-corrected chi connectivity index (χ3v) is 6.28. The number of hydrogen-bond acceptors (Lipinski definition) is 4. The van der Waals surface area contributed by atoms with Crippen LogP contribution in [0.25, 0.3) is 0 Å². The number of nitrogen functional groups attached to an aromatic ring is 1. The molecule has 0 unspecified atom stereocenters. The topological polar surface area (TPSA) is 111 Å². The fourth-order valence-electron chi connectivity index (χ4n) is 4.48. The number of aliphatic carboxylic acids is 1. The molecule has 0 spiro atoms. The van der Waals surface area contributed by atoms with Crippen molar-refractivity contribution in [3.8, 4) is 0 Å². The van der Waals surface area contributed by atoms with E-state index in [-0.39, 0.29) is 18.3 Å². The van der Waals surface area contributed by atoms with Crippen molar-refractivity contribution in [3.63, 3.8) is 0 Å². The van der Waals surface area contributed by atoms with Gasteiger partial charge in [-0.25, -0.2) is 0 Å². The zero-order valence-corrected chi connectivity index (χ0v) is 19.6. The van der Waals surface area contributed by atoms with Crippen molar-refractivity contribution in [2.24, 2.45) is 5.73 Å². The van der Waals surface area contributed by atoms with Crippen LogP contribution in [0.4, 0.5) is 11.4 Å². The van der Waals surface area contributed by atoms with Crippen molar-refractivity contribution >= 4 is 29.1 Å². The van der Waals surface area contributed by atoms with E-state index in [1.54, 1.807) is 12.1 Å². The number of hydrogen-bond donors (Lipinski definition) is 3. The molecule has 4 rings (SSSR count). The smallest absolute Gasteiger partial charge is 0.323 e. The Hall–Kier alpha value is -4.13. The predicted molar refractivity (Wildman–Crippen MR) is 138 cm³/mol. The monoisotopic (exact) mass is 470 g/mol. The molecule has 1 heterocycles. The molecule has 0 radical (unpaired) electrons. The molecule has 0 saturated heterocycles. The number of anilines is 2. The standard InChI is InChI=1S/C28H30N4O3/c29-28(30)22-11-8-20(9-12-22)10-15-26(33)32-16-4-7-23-17-24(13-14-25(23)32)31(19-27(34)35)18-21-5-2-1-3-6-21/h1-3,5-6,8-9,11-14,17H,4,7,10,15-16,18-19H2,(H3,29,30)(H,34,35). The van der Waals surface area contributed by atoms with Gasteiger partial charge in [0, 0.05) is 36.4 Å². The lowest BCUT2D eigenvalue weighted by Gasteiger charge is -2.31. The Kier molecular flexibility index (Phi) is 7.45. The maximum atomic E-state index is 13.1. The van der Waals surface area contributed by atoms with Gasteiger partial charge in [-0.05, 0) is 54.2 Å². The third-order valence-electron chi connectivity index (χ3n) is 6.28. The van der Waals surface area contributed by atoms with Gasteiger partial charge in [0.25, 0.3) is 0 Å². The molecule has 180 valence electrons. The highest BCUT2D eigenvalue weighted by molar-refractivity contribution is 5.96. The van der Waals surface area contributed by atoms with Crippen LogP contribution < -0.4 is 15.5 Å². The van der Waals surface area contributed by atoms with Gasteiger partial charge in [0.05, 0.1) is 0 Å². The zero-order chi connectivity index (χ0) is 24.8. The number of benzene rings is 3. The largest absolute Gasteiger partial charge is 0.480 e. The summed E-state index contributed by atoms with van der Waals surface area (Å²) in [5, 5.41) is 17.0. The van der Waals surface area contributed by atoms with E-state index in [1.165, 1.54) is 0 Å². The minimum absolute atomic E-state index is 0.0302. The van der Waals surface area contributed by atoms with E-state index in [1.807, 2.05) is 70.5 Å². The number of amidine groups is 1. The summed E-state index contributed by atoms with van der Waals surface area (Å²) >= 11 is 0. The lowest BCUT2D eigenvalue weighted by atomic mass is 9.99. The van der Waals surface area contributed by atoms with Crippen molar-refractivity contribution in [2.75, 3.05) is 22.9 Å². The summed E-state index contributed by atoms with van der Waals surface area (Å²) in [5.74, 6) is -0.782. The Balaban J connectivity index is 1.48. The van der Waals surface area contributed by atoms with Crippen LogP contribution in [0.5, 0.6) is 0 Å². The normalized spacial score (nSPS) is 12.6. The molecule has 4 N–H and O–H groups in total. The van der Waals surface area contributed by atoms with Gasteiger partial charge in [0.2, 0.25) is 5.91 Å². The molecule has 0 saturated carbocycles. The molecule has 7 heteroatoms. The number of rotatable bonds is 9. The first-order chi connectivity index (χ1) is 16.9. The summed E-state index contributed by atoms with van der Waals surface area (Å²) in [5.41, 5.74) is 11.1. The molecular weight excluding hydrogens is 440 g/mol. The number of carbonyl (C=O) groups excluding carboxylic acids is 1. The highest BCUT2D eigenvalue weighted by Crippen LogP contribution is 2.32. The van der Waals surface area contributed by atoms with Crippen LogP contribution in [0, 0.1) is 5.41 Å². The zero-order valence-electron chi connectivity index (χ0n) is 19.6. The lowest BCUT2D eigenvalue weighted by molar-refractivity contribution is -0.135. The number of nitrogens with zero attached hydrogens (tertiary/aromatic N) is 2. The van der Waals surface area contributed by atoms with Crippen molar-refractivity contribution in [3.05, 3.63) is 95.1 Å². The average molecular weight is 471 g/mol. The Bertz CT molecular complexity index is 1210. The predicted octanol–water partition coefficient (Wildman–Crippen LogP) is 3.97. The molecule has 0 fully saturated rings.